The highest BCUT2D eigenvalue weighted by molar-refractivity contribution is 7.24. The van der Waals surface area contributed by atoms with E-state index in [-0.39, 0.29) is 11.3 Å². The zero-order chi connectivity index (χ0) is 14.8. The first-order valence-electron chi connectivity index (χ1n) is 6.94. The maximum absolute atomic E-state index is 12.5. The topological polar surface area (TPSA) is 46.2 Å². The van der Waals surface area contributed by atoms with E-state index in [1.807, 2.05) is 43.3 Å². The summed E-state index contributed by atoms with van der Waals surface area (Å²) in [6.45, 7) is 1.96. The van der Waals surface area contributed by atoms with Crippen LogP contribution in [0.25, 0.3) is 20.2 Å². The smallest absolute Gasteiger partial charge is 0.224 e. The molecular formula is C17H15NO2S. The maximum Gasteiger partial charge on any atom is 0.224 e. The number of carbonyl (C=O) groups excluding carboxylic acids is 1. The zero-order valence-electron chi connectivity index (χ0n) is 11.7. The van der Waals surface area contributed by atoms with Gasteiger partial charge in [0.15, 0.2) is 5.43 Å². The van der Waals surface area contributed by atoms with Crippen LogP contribution in [-0.4, -0.2) is 5.91 Å². The lowest BCUT2D eigenvalue weighted by Gasteiger charge is -2.06. The minimum Gasteiger partial charge on any atom is -0.326 e. The highest BCUT2D eigenvalue weighted by Crippen LogP contribution is 2.26. The van der Waals surface area contributed by atoms with Gasteiger partial charge in [0, 0.05) is 32.3 Å². The van der Waals surface area contributed by atoms with Gasteiger partial charge in [0.25, 0.3) is 0 Å². The predicted octanol–water partition coefficient (Wildman–Crippen LogP) is 4.15. The third-order valence-corrected chi connectivity index (χ3v) is 4.49. The zero-order valence-corrected chi connectivity index (χ0v) is 12.5. The number of hydrogen-bond acceptors (Lipinski definition) is 3. The lowest BCUT2D eigenvalue weighted by Crippen LogP contribution is -2.11. The fraction of sp³-hybridized carbons (Fsp3) is 0.176. The van der Waals surface area contributed by atoms with E-state index in [1.165, 1.54) is 0 Å². The van der Waals surface area contributed by atoms with Crippen LogP contribution >= 0.6 is 11.3 Å². The third kappa shape index (κ3) is 2.67. The van der Waals surface area contributed by atoms with E-state index in [0.29, 0.717) is 17.5 Å². The summed E-state index contributed by atoms with van der Waals surface area (Å²) < 4.78 is 1.92. The van der Waals surface area contributed by atoms with Crippen LogP contribution in [0, 0.1) is 0 Å². The van der Waals surface area contributed by atoms with Gasteiger partial charge in [-0.25, -0.2) is 0 Å². The summed E-state index contributed by atoms with van der Waals surface area (Å²) in [6.07, 6.45) is 1.29. The van der Waals surface area contributed by atoms with Crippen molar-refractivity contribution in [3.8, 4) is 0 Å². The second-order valence-corrected chi connectivity index (χ2v) is 6.02. The molecule has 0 aliphatic heterocycles. The molecular weight excluding hydrogens is 282 g/mol. The largest absolute Gasteiger partial charge is 0.326 e. The van der Waals surface area contributed by atoms with Crippen molar-refractivity contribution >= 4 is 43.1 Å². The van der Waals surface area contributed by atoms with E-state index >= 15 is 0 Å². The number of nitrogens with one attached hydrogen (secondary N) is 1. The minimum atomic E-state index is -0.0197. The molecule has 0 aliphatic carbocycles. The predicted molar refractivity (Wildman–Crippen MR) is 89.1 cm³/mol. The third-order valence-electron chi connectivity index (χ3n) is 3.34. The van der Waals surface area contributed by atoms with Crippen molar-refractivity contribution < 1.29 is 4.79 Å². The number of benzene rings is 2. The number of rotatable bonds is 3. The van der Waals surface area contributed by atoms with E-state index in [9.17, 15) is 9.59 Å². The van der Waals surface area contributed by atoms with Gasteiger partial charge in [-0.3, -0.25) is 9.59 Å². The Morgan fingerprint density at radius 3 is 2.67 bits per heavy atom. The molecule has 0 saturated heterocycles. The fourth-order valence-corrected chi connectivity index (χ4v) is 3.38. The van der Waals surface area contributed by atoms with Gasteiger partial charge < -0.3 is 5.32 Å². The Bertz CT molecular complexity index is 883. The van der Waals surface area contributed by atoms with Crippen LogP contribution < -0.4 is 10.7 Å². The molecule has 3 rings (SSSR count). The van der Waals surface area contributed by atoms with E-state index < -0.39 is 0 Å². The van der Waals surface area contributed by atoms with Crippen molar-refractivity contribution in [2.45, 2.75) is 19.8 Å². The molecule has 21 heavy (non-hydrogen) atoms. The molecule has 0 radical (unpaired) electrons. The van der Waals surface area contributed by atoms with Crippen molar-refractivity contribution in [3.05, 3.63) is 52.7 Å². The summed E-state index contributed by atoms with van der Waals surface area (Å²) in [5.74, 6) is -0.0197. The molecule has 0 atom stereocenters. The molecule has 0 unspecified atom stereocenters. The first-order chi connectivity index (χ1) is 10.2. The molecule has 2 aromatic carbocycles. The second-order valence-electron chi connectivity index (χ2n) is 4.94. The van der Waals surface area contributed by atoms with Crippen LogP contribution in [0.4, 0.5) is 5.69 Å². The van der Waals surface area contributed by atoms with Crippen molar-refractivity contribution in [2.24, 2.45) is 0 Å². The normalized spacial score (nSPS) is 10.9. The van der Waals surface area contributed by atoms with Crippen molar-refractivity contribution in [2.75, 3.05) is 5.32 Å². The maximum atomic E-state index is 12.5. The monoisotopic (exact) mass is 297 g/mol. The quantitative estimate of drug-likeness (QED) is 0.738. The van der Waals surface area contributed by atoms with Gasteiger partial charge in [-0.1, -0.05) is 19.1 Å². The van der Waals surface area contributed by atoms with Crippen molar-refractivity contribution in [3.63, 3.8) is 0 Å². The van der Waals surface area contributed by atoms with E-state index in [1.54, 1.807) is 17.4 Å². The highest BCUT2D eigenvalue weighted by Gasteiger charge is 2.07. The fourth-order valence-electron chi connectivity index (χ4n) is 2.33. The molecule has 0 bridgehead atoms. The van der Waals surface area contributed by atoms with Crippen molar-refractivity contribution in [1.29, 1.82) is 0 Å². The Morgan fingerprint density at radius 2 is 1.86 bits per heavy atom. The minimum absolute atomic E-state index is 0.0194. The first kappa shape index (κ1) is 13.8. The van der Waals surface area contributed by atoms with E-state index in [2.05, 4.69) is 5.32 Å². The van der Waals surface area contributed by atoms with Crippen LogP contribution in [0.5, 0.6) is 0 Å². The summed E-state index contributed by atoms with van der Waals surface area (Å²) in [4.78, 5) is 24.2. The lowest BCUT2D eigenvalue weighted by atomic mass is 10.1. The molecule has 1 amide bonds. The lowest BCUT2D eigenvalue weighted by molar-refractivity contribution is -0.116. The second kappa shape index (κ2) is 5.66. The van der Waals surface area contributed by atoms with Gasteiger partial charge in [-0.05, 0) is 36.8 Å². The number of anilines is 1. The average Bonchev–Trinajstić information content (AvgIpc) is 2.48. The van der Waals surface area contributed by atoms with Crippen LogP contribution in [0.2, 0.25) is 0 Å². The van der Waals surface area contributed by atoms with Gasteiger partial charge in [0.1, 0.15) is 0 Å². The van der Waals surface area contributed by atoms with Crippen LogP contribution in [0.3, 0.4) is 0 Å². The van der Waals surface area contributed by atoms with Crippen LogP contribution in [0.1, 0.15) is 19.8 Å². The standard InChI is InChI=1S/C17H15NO2S/c1-2-5-16(19)18-11-8-9-15-13(10-11)17(20)12-6-3-4-7-14(12)21-15/h3-4,6-10H,2,5H2,1H3,(H,18,19). The summed E-state index contributed by atoms with van der Waals surface area (Å²) in [5, 5.41) is 4.23. The van der Waals surface area contributed by atoms with Crippen LogP contribution in [0.15, 0.2) is 47.3 Å². The SMILES string of the molecule is CCCC(=O)Nc1ccc2sc3ccccc3c(=O)c2c1. The van der Waals surface area contributed by atoms with Gasteiger partial charge in [-0.2, -0.15) is 0 Å². The van der Waals surface area contributed by atoms with E-state index in [0.717, 1.165) is 21.2 Å². The van der Waals surface area contributed by atoms with Gasteiger partial charge in [-0.15, -0.1) is 11.3 Å². The highest BCUT2D eigenvalue weighted by atomic mass is 32.1. The molecule has 3 aromatic rings. The summed E-state index contributed by atoms with van der Waals surface area (Å²) in [6, 6.07) is 13.1. The Morgan fingerprint density at radius 1 is 1.10 bits per heavy atom. The number of amides is 1. The Labute approximate surface area is 126 Å². The van der Waals surface area contributed by atoms with Gasteiger partial charge >= 0.3 is 0 Å². The molecule has 0 saturated carbocycles. The summed E-state index contributed by atoms with van der Waals surface area (Å²) >= 11 is 1.59. The molecule has 1 aromatic heterocycles. The Kier molecular flexibility index (Phi) is 3.71. The molecule has 4 heteroatoms. The molecule has 106 valence electrons. The Balaban J connectivity index is 2.12. The van der Waals surface area contributed by atoms with E-state index in [4.69, 9.17) is 0 Å². The first-order valence-corrected chi connectivity index (χ1v) is 7.76. The molecule has 0 spiro atoms. The van der Waals surface area contributed by atoms with Gasteiger partial charge in [0.05, 0.1) is 0 Å². The summed E-state index contributed by atoms with van der Waals surface area (Å²) in [5.41, 5.74) is 0.700. The van der Waals surface area contributed by atoms with Crippen LogP contribution in [-0.2, 0) is 4.79 Å². The molecule has 3 nitrogen and oxygen atoms in total. The molecule has 1 heterocycles. The summed E-state index contributed by atoms with van der Waals surface area (Å²) in [7, 11) is 0. The van der Waals surface area contributed by atoms with Crippen molar-refractivity contribution in [1.82, 2.24) is 0 Å². The number of carbonyl (C=O) groups is 1. The molecule has 0 aliphatic rings. The molecule has 0 fully saturated rings. The van der Waals surface area contributed by atoms with Gasteiger partial charge in [0.2, 0.25) is 5.91 Å². The number of hydrogen-bond donors (Lipinski definition) is 1. The Hall–Kier alpha value is -2.20. The average molecular weight is 297 g/mol. The molecule has 1 N–H and O–H groups in total. The number of fused-ring (bicyclic) bond motifs is 2.